The molecule has 1 amide bonds. The molecule has 0 aliphatic heterocycles. The Morgan fingerprint density at radius 1 is 1.58 bits per heavy atom. The Morgan fingerprint density at radius 2 is 2.26 bits per heavy atom. The second-order valence-corrected chi connectivity index (χ2v) is 7.40. The van der Waals surface area contributed by atoms with Crippen LogP contribution in [0.4, 0.5) is 0 Å². The Balaban J connectivity index is 2.22. The Morgan fingerprint density at radius 3 is 2.89 bits per heavy atom. The fourth-order valence-corrected chi connectivity index (χ4v) is 2.99. The molecule has 4 heteroatoms. The summed E-state index contributed by atoms with van der Waals surface area (Å²) >= 11 is 1.57. The van der Waals surface area contributed by atoms with Crippen LogP contribution in [0.5, 0.6) is 0 Å². The lowest BCUT2D eigenvalue weighted by Gasteiger charge is -2.35. The number of thioether (sulfide) groups is 1. The third kappa shape index (κ3) is 3.16. The molecule has 0 saturated heterocycles. The summed E-state index contributed by atoms with van der Waals surface area (Å²) in [5.41, 5.74) is 1.33. The van der Waals surface area contributed by atoms with Crippen LogP contribution in [0.15, 0.2) is 10.5 Å². The minimum absolute atomic E-state index is 0.0125. The van der Waals surface area contributed by atoms with E-state index >= 15 is 0 Å². The van der Waals surface area contributed by atoms with Gasteiger partial charge in [-0.05, 0) is 38.0 Å². The van der Waals surface area contributed by atoms with Gasteiger partial charge in [0.15, 0.2) is 0 Å². The fourth-order valence-electron chi connectivity index (χ4n) is 2.71. The number of hydrogen-bond donors (Lipinski definition) is 1. The average molecular weight is 281 g/mol. The predicted molar refractivity (Wildman–Crippen MR) is 79.4 cm³/mol. The number of nitrogens with one attached hydrogen (secondary N) is 1. The quantitative estimate of drug-likeness (QED) is 0.922. The lowest BCUT2D eigenvalue weighted by Crippen LogP contribution is -2.39. The van der Waals surface area contributed by atoms with Crippen LogP contribution < -0.4 is 5.32 Å². The highest BCUT2D eigenvalue weighted by Crippen LogP contribution is 2.42. The largest absolute Gasteiger partial charge is 0.466 e. The van der Waals surface area contributed by atoms with Gasteiger partial charge in [0.1, 0.15) is 11.5 Å². The van der Waals surface area contributed by atoms with Crippen molar-refractivity contribution >= 4 is 17.7 Å². The van der Waals surface area contributed by atoms with Crippen LogP contribution in [0.25, 0.3) is 0 Å². The van der Waals surface area contributed by atoms with Gasteiger partial charge in [-0.25, -0.2) is 0 Å². The highest BCUT2D eigenvalue weighted by atomic mass is 32.2. The molecule has 1 N–H and O–H groups in total. The molecule has 1 aromatic heterocycles. The zero-order chi connectivity index (χ0) is 14.2. The Hall–Kier alpha value is -0.900. The van der Waals surface area contributed by atoms with E-state index in [1.54, 1.807) is 11.8 Å². The summed E-state index contributed by atoms with van der Waals surface area (Å²) in [6.45, 7) is 8.36. The van der Waals surface area contributed by atoms with Crippen molar-refractivity contribution in [2.75, 3.05) is 6.26 Å². The maximum absolute atomic E-state index is 12.1. The van der Waals surface area contributed by atoms with Gasteiger partial charge in [0.2, 0.25) is 5.91 Å². The van der Waals surface area contributed by atoms with Gasteiger partial charge < -0.3 is 9.73 Å². The van der Waals surface area contributed by atoms with E-state index in [-0.39, 0.29) is 22.6 Å². The van der Waals surface area contributed by atoms with Crippen molar-refractivity contribution in [1.29, 1.82) is 0 Å². The average Bonchev–Trinajstić information content (AvgIpc) is 2.66. The monoisotopic (exact) mass is 281 g/mol. The van der Waals surface area contributed by atoms with Gasteiger partial charge in [-0.3, -0.25) is 4.79 Å². The molecular weight excluding hydrogens is 258 g/mol. The van der Waals surface area contributed by atoms with Crippen LogP contribution in [0, 0.1) is 12.3 Å². The smallest absolute Gasteiger partial charge is 0.233 e. The number of hydrogen-bond acceptors (Lipinski definition) is 3. The molecule has 1 heterocycles. The molecule has 0 fully saturated rings. The predicted octanol–water partition coefficient (Wildman–Crippen LogP) is 3.47. The van der Waals surface area contributed by atoms with Crippen LogP contribution >= 0.6 is 11.8 Å². The molecule has 2 atom stereocenters. The van der Waals surface area contributed by atoms with Crippen molar-refractivity contribution in [2.45, 2.75) is 51.8 Å². The zero-order valence-corrected chi connectivity index (χ0v) is 13.2. The third-order valence-electron chi connectivity index (χ3n) is 3.78. The van der Waals surface area contributed by atoms with Crippen LogP contribution in [0.3, 0.4) is 0 Å². The van der Waals surface area contributed by atoms with E-state index < -0.39 is 0 Å². The van der Waals surface area contributed by atoms with E-state index in [9.17, 15) is 4.79 Å². The van der Waals surface area contributed by atoms with Crippen molar-refractivity contribution in [2.24, 2.45) is 5.41 Å². The summed E-state index contributed by atoms with van der Waals surface area (Å²) in [6, 6.07) is 2.15. The standard InChI is InChI=1S/C15H23NO2S/c1-9-6-11-12(16-14(17)10(2)19-5)7-15(3,4)8-13(11)18-9/h6,10,12H,7-8H2,1-5H3,(H,16,17)/t10-,12+/m1/s1. The molecule has 0 aromatic carbocycles. The molecule has 0 spiro atoms. The molecule has 0 saturated carbocycles. The first-order valence-corrected chi connectivity index (χ1v) is 8.03. The molecule has 0 radical (unpaired) electrons. The van der Waals surface area contributed by atoms with Crippen LogP contribution in [0.1, 0.15) is 50.3 Å². The van der Waals surface area contributed by atoms with E-state index in [4.69, 9.17) is 4.42 Å². The Bertz CT molecular complexity index is 478. The van der Waals surface area contributed by atoms with Crippen molar-refractivity contribution in [1.82, 2.24) is 5.32 Å². The topological polar surface area (TPSA) is 42.2 Å². The molecule has 0 bridgehead atoms. The first-order valence-electron chi connectivity index (χ1n) is 6.75. The van der Waals surface area contributed by atoms with Gasteiger partial charge in [-0.1, -0.05) is 13.8 Å². The van der Waals surface area contributed by atoms with Crippen LogP contribution in [-0.2, 0) is 11.2 Å². The summed E-state index contributed by atoms with van der Waals surface area (Å²) in [7, 11) is 0. The molecule has 1 aliphatic carbocycles. The van der Waals surface area contributed by atoms with E-state index in [1.807, 2.05) is 20.1 Å². The highest BCUT2D eigenvalue weighted by molar-refractivity contribution is 7.99. The number of amides is 1. The molecule has 3 nitrogen and oxygen atoms in total. The fraction of sp³-hybridized carbons (Fsp3) is 0.667. The maximum Gasteiger partial charge on any atom is 0.233 e. The number of furan rings is 1. The van der Waals surface area contributed by atoms with Crippen molar-refractivity contribution < 1.29 is 9.21 Å². The summed E-state index contributed by atoms with van der Waals surface area (Å²) < 4.78 is 5.78. The number of carbonyl (C=O) groups is 1. The minimum atomic E-state index is -0.0125. The Kier molecular flexibility index (Phi) is 4.00. The lowest BCUT2D eigenvalue weighted by atomic mass is 9.74. The molecule has 19 heavy (non-hydrogen) atoms. The van der Waals surface area contributed by atoms with E-state index in [0.29, 0.717) is 0 Å². The normalized spacial score (nSPS) is 22.7. The summed E-state index contributed by atoms with van der Waals surface area (Å²) in [5, 5.41) is 3.16. The van der Waals surface area contributed by atoms with Gasteiger partial charge in [-0.15, -0.1) is 0 Å². The first kappa shape index (κ1) is 14.5. The lowest BCUT2D eigenvalue weighted by molar-refractivity contribution is -0.121. The van der Waals surface area contributed by atoms with Gasteiger partial charge in [0.25, 0.3) is 0 Å². The maximum atomic E-state index is 12.1. The summed E-state index contributed by atoms with van der Waals surface area (Å²) in [5.74, 6) is 2.08. The number of fused-ring (bicyclic) bond motifs is 1. The van der Waals surface area contributed by atoms with Crippen molar-refractivity contribution in [3.63, 3.8) is 0 Å². The van der Waals surface area contributed by atoms with E-state index in [2.05, 4.69) is 25.2 Å². The van der Waals surface area contributed by atoms with Gasteiger partial charge >= 0.3 is 0 Å². The molecule has 1 aromatic rings. The zero-order valence-electron chi connectivity index (χ0n) is 12.4. The van der Waals surface area contributed by atoms with Gasteiger partial charge in [-0.2, -0.15) is 11.8 Å². The molecule has 1 aliphatic rings. The van der Waals surface area contributed by atoms with Gasteiger partial charge in [0, 0.05) is 12.0 Å². The van der Waals surface area contributed by atoms with Crippen LogP contribution in [-0.4, -0.2) is 17.4 Å². The number of aryl methyl sites for hydroxylation is 1. The first-order chi connectivity index (χ1) is 8.82. The van der Waals surface area contributed by atoms with Crippen molar-refractivity contribution in [3.05, 3.63) is 23.2 Å². The Labute approximate surface area is 119 Å². The molecular formula is C15H23NO2S. The second kappa shape index (κ2) is 5.23. The molecule has 106 valence electrons. The van der Waals surface area contributed by atoms with Crippen LogP contribution in [0.2, 0.25) is 0 Å². The summed E-state index contributed by atoms with van der Waals surface area (Å²) in [6.07, 6.45) is 3.87. The minimum Gasteiger partial charge on any atom is -0.466 e. The van der Waals surface area contributed by atoms with Gasteiger partial charge in [0.05, 0.1) is 11.3 Å². The molecule has 2 rings (SSSR count). The van der Waals surface area contributed by atoms with Crippen molar-refractivity contribution in [3.8, 4) is 0 Å². The summed E-state index contributed by atoms with van der Waals surface area (Å²) in [4.78, 5) is 12.1. The SMILES string of the molecule is CS[C@H](C)C(=O)N[C@H]1CC(C)(C)Cc2oc(C)cc21. The van der Waals surface area contributed by atoms with E-state index in [1.165, 1.54) is 5.56 Å². The second-order valence-electron chi connectivity index (χ2n) is 6.22. The number of rotatable bonds is 3. The molecule has 0 unspecified atom stereocenters. The third-order valence-corrected chi connectivity index (χ3v) is 4.70. The highest BCUT2D eigenvalue weighted by Gasteiger charge is 2.35. The number of carbonyl (C=O) groups excluding carboxylic acids is 1. The van der Waals surface area contributed by atoms with E-state index in [0.717, 1.165) is 24.4 Å².